The first kappa shape index (κ1) is 16.1. The molecule has 2 bridgehead atoms. The molecule has 0 spiro atoms. The van der Waals surface area contributed by atoms with Gasteiger partial charge in [-0.3, -0.25) is 9.59 Å². The van der Waals surface area contributed by atoms with Crippen LogP contribution in [0.5, 0.6) is 0 Å². The highest BCUT2D eigenvalue weighted by atomic mass is 16.4. The van der Waals surface area contributed by atoms with Crippen LogP contribution < -0.4 is 0 Å². The van der Waals surface area contributed by atoms with Gasteiger partial charge in [0.15, 0.2) is 0 Å². The van der Waals surface area contributed by atoms with Crippen LogP contribution in [0.1, 0.15) is 34.1 Å². The summed E-state index contributed by atoms with van der Waals surface area (Å²) in [6, 6.07) is 0. The summed E-state index contributed by atoms with van der Waals surface area (Å²) >= 11 is 0. The van der Waals surface area contributed by atoms with Crippen molar-refractivity contribution in [2.45, 2.75) is 34.1 Å². The topological polar surface area (TPSA) is 57.6 Å². The van der Waals surface area contributed by atoms with E-state index in [2.05, 4.69) is 33.8 Å². The smallest absolute Gasteiger partial charge is 0.307 e. The molecule has 4 nitrogen and oxygen atoms in total. The quantitative estimate of drug-likeness (QED) is 0.766. The number of nitrogens with zero attached hydrogens (tertiary/aromatic N) is 1. The average Bonchev–Trinajstić information content (AvgIpc) is 2.95. The highest BCUT2D eigenvalue weighted by Crippen LogP contribution is 2.48. The van der Waals surface area contributed by atoms with Gasteiger partial charge in [-0.2, -0.15) is 0 Å². The van der Waals surface area contributed by atoms with Crippen molar-refractivity contribution in [3.8, 4) is 0 Å². The zero-order valence-electron chi connectivity index (χ0n) is 13.5. The number of allylic oxidation sites excluding steroid dienone is 2. The zero-order valence-corrected chi connectivity index (χ0v) is 13.5. The Morgan fingerprint density at radius 2 is 1.52 bits per heavy atom. The third-order valence-electron chi connectivity index (χ3n) is 4.51. The maximum absolute atomic E-state index is 12.9. The van der Waals surface area contributed by atoms with Crippen molar-refractivity contribution >= 4 is 11.9 Å². The predicted molar refractivity (Wildman–Crippen MR) is 81.6 cm³/mol. The van der Waals surface area contributed by atoms with E-state index >= 15 is 0 Å². The van der Waals surface area contributed by atoms with Crippen molar-refractivity contribution < 1.29 is 14.7 Å². The molecule has 1 N–H and O–H groups in total. The Morgan fingerprint density at radius 3 is 1.95 bits per heavy atom. The van der Waals surface area contributed by atoms with Crippen LogP contribution in [0.25, 0.3) is 0 Å². The van der Waals surface area contributed by atoms with Gasteiger partial charge in [-0.1, -0.05) is 39.8 Å². The third kappa shape index (κ3) is 3.30. The lowest BCUT2D eigenvalue weighted by Gasteiger charge is -2.33. The largest absolute Gasteiger partial charge is 0.481 e. The Kier molecular flexibility index (Phi) is 4.74. The number of aliphatic carboxylic acids is 1. The van der Waals surface area contributed by atoms with Gasteiger partial charge in [-0.25, -0.2) is 0 Å². The summed E-state index contributed by atoms with van der Waals surface area (Å²) in [4.78, 5) is 26.4. The Bertz CT molecular complexity index is 431. The molecule has 0 unspecified atom stereocenters. The molecular formula is C17H27NO3. The van der Waals surface area contributed by atoms with Crippen LogP contribution in [-0.4, -0.2) is 35.0 Å². The summed E-state index contributed by atoms with van der Waals surface area (Å²) in [6.07, 6.45) is 4.86. The molecule has 4 heteroatoms. The number of hydrogen-bond acceptors (Lipinski definition) is 2. The minimum Gasteiger partial charge on any atom is -0.481 e. The fourth-order valence-electron chi connectivity index (χ4n) is 3.84. The van der Waals surface area contributed by atoms with Gasteiger partial charge in [0.1, 0.15) is 0 Å². The van der Waals surface area contributed by atoms with E-state index in [1.807, 2.05) is 11.0 Å². The lowest BCUT2D eigenvalue weighted by Crippen LogP contribution is -2.45. The van der Waals surface area contributed by atoms with Crippen LogP contribution in [0.2, 0.25) is 0 Å². The maximum Gasteiger partial charge on any atom is 0.307 e. The van der Waals surface area contributed by atoms with E-state index in [0.29, 0.717) is 24.9 Å². The van der Waals surface area contributed by atoms with Gasteiger partial charge in [0.2, 0.25) is 5.91 Å². The van der Waals surface area contributed by atoms with Crippen molar-refractivity contribution in [1.29, 1.82) is 0 Å². The van der Waals surface area contributed by atoms with Crippen molar-refractivity contribution in [2.75, 3.05) is 13.1 Å². The first-order valence-electron chi connectivity index (χ1n) is 8.01. The van der Waals surface area contributed by atoms with Crippen LogP contribution in [-0.2, 0) is 9.59 Å². The molecule has 4 atom stereocenters. The SMILES string of the molecule is CC(C)CN(CC(C)C)C(=O)[C@H]1[C@@H](C(=O)O)[C@H]2C=C[C@H]1C2. The molecule has 21 heavy (non-hydrogen) atoms. The lowest BCUT2D eigenvalue weighted by molar-refractivity contribution is -0.151. The number of amides is 1. The summed E-state index contributed by atoms with van der Waals surface area (Å²) < 4.78 is 0. The number of rotatable bonds is 6. The lowest BCUT2D eigenvalue weighted by atomic mass is 9.82. The normalized spacial score (nSPS) is 30.4. The predicted octanol–water partition coefficient (Wildman–Crippen LogP) is 2.65. The minimum absolute atomic E-state index is 0.0430. The number of carboxylic acid groups (broad SMARTS) is 1. The minimum atomic E-state index is -0.820. The van der Waals surface area contributed by atoms with Gasteiger partial charge in [-0.05, 0) is 30.1 Å². The molecule has 2 aliphatic rings. The molecule has 0 aliphatic heterocycles. The maximum atomic E-state index is 12.9. The number of hydrogen-bond donors (Lipinski definition) is 1. The fraction of sp³-hybridized carbons (Fsp3) is 0.765. The Labute approximate surface area is 127 Å². The van der Waals surface area contributed by atoms with E-state index < -0.39 is 11.9 Å². The van der Waals surface area contributed by atoms with Gasteiger partial charge < -0.3 is 10.0 Å². The molecule has 1 amide bonds. The highest BCUT2D eigenvalue weighted by molar-refractivity contribution is 5.87. The molecular weight excluding hydrogens is 266 g/mol. The molecule has 0 saturated heterocycles. The number of carbonyl (C=O) groups is 2. The molecule has 1 fully saturated rings. The van der Waals surface area contributed by atoms with Crippen molar-refractivity contribution in [3.05, 3.63) is 12.2 Å². The summed E-state index contributed by atoms with van der Waals surface area (Å²) in [7, 11) is 0. The second-order valence-electron chi connectivity index (χ2n) is 7.37. The highest BCUT2D eigenvalue weighted by Gasteiger charge is 2.52. The molecule has 0 aromatic carbocycles. The standard InChI is InChI=1S/C17H27NO3/c1-10(2)8-18(9-11(3)4)16(19)14-12-5-6-13(7-12)15(14)17(20)21/h5-6,10-15H,7-9H2,1-4H3,(H,20,21)/t12-,13-,14+,15-/m0/s1. The molecule has 1 saturated carbocycles. The number of carboxylic acids is 1. The molecule has 0 radical (unpaired) electrons. The van der Waals surface area contributed by atoms with Crippen LogP contribution >= 0.6 is 0 Å². The zero-order chi connectivity index (χ0) is 15.7. The van der Waals surface area contributed by atoms with E-state index in [-0.39, 0.29) is 23.7 Å². The van der Waals surface area contributed by atoms with Crippen molar-refractivity contribution in [3.63, 3.8) is 0 Å². The number of carbonyl (C=O) groups excluding carboxylic acids is 1. The molecule has 0 aromatic rings. The van der Waals surface area contributed by atoms with Crippen LogP contribution in [0.15, 0.2) is 12.2 Å². The molecule has 2 rings (SSSR count). The van der Waals surface area contributed by atoms with Gasteiger partial charge >= 0.3 is 5.97 Å². The van der Waals surface area contributed by atoms with E-state index in [1.54, 1.807) is 0 Å². The third-order valence-corrected chi connectivity index (χ3v) is 4.51. The van der Waals surface area contributed by atoms with Gasteiger partial charge in [0.25, 0.3) is 0 Å². The summed E-state index contributed by atoms with van der Waals surface area (Å²) in [5, 5.41) is 9.50. The summed E-state index contributed by atoms with van der Waals surface area (Å²) in [6.45, 7) is 9.79. The van der Waals surface area contributed by atoms with E-state index in [1.165, 1.54) is 0 Å². The molecule has 118 valence electrons. The average molecular weight is 293 g/mol. The Morgan fingerprint density at radius 1 is 1.05 bits per heavy atom. The Hall–Kier alpha value is -1.32. The van der Waals surface area contributed by atoms with Crippen molar-refractivity contribution in [1.82, 2.24) is 4.90 Å². The first-order chi connectivity index (χ1) is 9.81. The van der Waals surface area contributed by atoms with E-state index in [4.69, 9.17) is 0 Å². The van der Waals surface area contributed by atoms with Gasteiger partial charge in [0.05, 0.1) is 11.8 Å². The number of fused-ring (bicyclic) bond motifs is 2. The van der Waals surface area contributed by atoms with E-state index in [9.17, 15) is 14.7 Å². The second kappa shape index (κ2) is 6.20. The van der Waals surface area contributed by atoms with Crippen molar-refractivity contribution in [2.24, 2.45) is 35.5 Å². The van der Waals surface area contributed by atoms with Gasteiger partial charge in [-0.15, -0.1) is 0 Å². The second-order valence-corrected chi connectivity index (χ2v) is 7.37. The van der Waals surface area contributed by atoms with Crippen LogP contribution in [0.4, 0.5) is 0 Å². The molecule has 0 heterocycles. The van der Waals surface area contributed by atoms with Crippen LogP contribution in [0, 0.1) is 35.5 Å². The van der Waals surface area contributed by atoms with E-state index in [0.717, 1.165) is 6.42 Å². The fourth-order valence-corrected chi connectivity index (χ4v) is 3.84. The molecule has 2 aliphatic carbocycles. The monoisotopic (exact) mass is 293 g/mol. The van der Waals surface area contributed by atoms with Gasteiger partial charge in [0, 0.05) is 13.1 Å². The summed E-state index contributed by atoms with van der Waals surface area (Å²) in [5.74, 6) is -0.729. The van der Waals surface area contributed by atoms with Crippen LogP contribution in [0.3, 0.4) is 0 Å². The Balaban J connectivity index is 2.19. The first-order valence-corrected chi connectivity index (χ1v) is 8.01. The summed E-state index contributed by atoms with van der Waals surface area (Å²) in [5.41, 5.74) is 0. The molecule has 0 aromatic heterocycles.